The van der Waals surface area contributed by atoms with Crippen LogP contribution in [0.4, 0.5) is 0 Å². The van der Waals surface area contributed by atoms with Gasteiger partial charge in [-0.3, -0.25) is 4.21 Å². The Labute approximate surface area is 144 Å². The van der Waals surface area contributed by atoms with Gasteiger partial charge >= 0.3 is 5.97 Å². The van der Waals surface area contributed by atoms with Crippen LogP contribution in [0.25, 0.3) is 0 Å². The van der Waals surface area contributed by atoms with Gasteiger partial charge in [0.25, 0.3) is 0 Å². The predicted molar refractivity (Wildman–Crippen MR) is 96.0 cm³/mol. The number of carboxylic acid groups (broad SMARTS) is 1. The first-order chi connectivity index (χ1) is 11.5. The molecule has 0 aliphatic carbocycles. The number of carboxylic acids is 1. The average molecular weight is 346 g/mol. The maximum Gasteiger partial charge on any atom is 0.335 e. The van der Waals surface area contributed by atoms with Gasteiger partial charge in [0.1, 0.15) is 5.75 Å². The van der Waals surface area contributed by atoms with E-state index in [0.29, 0.717) is 18.1 Å². The van der Waals surface area contributed by atoms with Crippen LogP contribution in [0.3, 0.4) is 0 Å². The van der Waals surface area contributed by atoms with E-state index in [1.165, 1.54) is 11.6 Å². The van der Waals surface area contributed by atoms with Gasteiger partial charge in [-0.1, -0.05) is 29.8 Å². The van der Waals surface area contributed by atoms with Gasteiger partial charge in [-0.05, 0) is 49.6 Å². The van der Waals surface area contributed by atoms with E-state index in [-0.39, 0.29) is 5.56 Å². The maximum atomic E-state index is 12.1. The molecule has 0 aliphatic rings. The number of unbranched alkanes of at least 4 members (excludes halogenated alkanes) is 1. The van der Waals surface area contributed by atoms with Crippen LogP contribution < -0.4 is 4.74 Å². The third-order valence-electron chi connectivity index (χ3n) is 3.56. The van der Waals surface area contributed by atoms with Crippen molar-refractivity contribution in [1.82, 2.24) is 0 Å². The molecule has 0 saturated heterocycles. The maximum absolute atomic E-state index is 12.1. The van der Waals surface area contributed by atoms with Crippen LogP contribution in [0.5, 0.6) is 5.75 Å². The van der Waals surface area contributed by atoms with E-state index < -0.39 is 16.8 Å². The highest BCUT2D eigenvalue weighted by molar-refractivity contribution is 7.84. The lowest BCUT2D eigenvalue weighted by molar-refractivity contribution is 0.0696. The van der Waals surface area contributed by atoms with E-state index in [0.717, 1.165) is 24.2 Å². The molecule has 5 heteroatoms. The lowest BCUT2D eigenvalue weighted by atomic mass is 10.1. The first-order valence-corrected chi connectivity index (χ1v) is 9.40. The molecular weight excluding hydrogens is 324 g/mol. The van der Waals surface area contributed by atoms with Gasteiger partial charge in [0, 0.05) is 22.3 Å². The van der Waals surface area contributed by atoms with Gasteiger partial charge in [0.15, 0.2) is 0 Å². The van der Waals surface area contributed by atoms with E-state index in [1.54, 1.807) is 12.1 Å². The Morgan fingerprint density at radius 1 is 1.12 bits per heavy atom. The van der Waals surface area contributed by atoms with Crippen molar-refractivity contribution in [2.24, 2.45) is 0 Å². The summed E-state index contributed by atoms with van der Waals surface area (Å²) in [7, 11) is -0.992. The van der Waals surface area contributed by atoms with E-state index in [4.69, 9.17) is 9.84 Å². The highest BCUT2D eigenvalue weighted by atomic mass is 32.2. The summed E-state index contributed by atoms with van der Waals surface area (Å²) in [5.41, 5.74) is 2.23. The number of hydrogen-bond donors (Lipinski definition) is 1. The standard InChI is InChI=1S/C19H22O4S/c1-15-7-9-18(10-8-15)23-11-2-3-12-24(22)14-16-5-4-6-17(13-16)19(20)21/h4-10,13H,2-3,11-12,14H2,1H3,(H,20,21). The Balaban J connectivity index is 1.67. The van der Waals surface area contributed by atoms with Crippen LogP contribution in [0.1, 0.15) is 34.3 Å². The Bertz CT molecular complexity index is 695. The van der Waals surface area contributed by atoms with Gasteiger partial charge in [0.2, 0.25) is 0 Å². The second-order valence-electron chi connectivity index (χ2n) is 5.66. The second kappa shape index (κ2) is 9.23. The fourth-order valence-electron chi connectivity index (χ4n) is 2.24. The Kier molecular flexibility index (Phi) is 7.00. The molecule has 24 heavy (non-hydrogen) atoms. The SMILES string of the molecule is Cc1ccc(OCCCCS(=O)Cc2cccc(C(=O)O)c2)cc1. The van der Waals surface area contributed by atoms with Gasteiger partial charge in [-0.25, -0.2) is 4.79 Å². The summed E-state index contributed by atoms with van der Waals surface area (Å²) in [5, 5.41) is 8.96. The molecule has 0 bridgehead atoms. The minimum absolute atomic E-state index is 0.232. The molecule has 1 N–H and O–H groups in total. The molecule has 4 nitrogen and oxygen atoms in total. The lowest BCUT2D eigenvalue weighted by Crippen LogP contribution is -2.05. The van der Waals surface area contributed by atoms with Crippen molar-refractivity contribution >= 4 is 16.8 Å². The molecule has 0 aliphatic heterocycles. The number of benzene rings is 2. The molecule has 2 aromatic carbocycles. The summed E-state index contributed by atoms with van der Waals surface area (Å²) in [5.74, 6) is 0.872. The van der Waals surface area contributed by atoms with Crippen molar-refractivity contribution in [3.05, 3.63) is 65.2 Å². The Morgan fingerprint density at radius 3 is 2.58 bits per heavy atom. The fraction of sp³-hybridized carbons (Fsp3) is 0.316. The molecule has 2 rings (SSSR count). The van der Waals surface area contributed by atoms with Crippen molar-refractivity contribution in [3.63, 3.8) is 0 Å². The average Bonchev–Trinajstić information content (AvgIpc) is 2.56. The summed E-state index contributed by atoms with van der Waals surface area (Å²) in [6.45, 7) is 2.64. The lowest BCUT2D eigenvalue weighted by Gasteiger charge is -2.07. The first kappa shape index (κ1) is 18.2. The van der Waals surface area contributed by atoms with E-state index >= 15 is 0 Å². The third-order valence-corrected chi connectivity index (χ3v) is 4.96. The van der Waals surface area contributed by atoms with Gasteiger partial charge < -0.3 is 9.84 Å². The largest absolute Gasteiger partial charge is 0.494 e. The van der Waals surface area contributed by atoms with Crippen molar-refractivity contribution in [2.45, 2.75) is 25.5 Å². The zero-order chi connectivity index (χ0) is 17.4. The molecule has 2 aromatic rings. The van der Waals surface area contributed by atoms with E-state index in [1.807, 2.05) is 37.3 Å². The van der Waals surface area contributed by atoms with Crippen LogP contribution >= 0.6 is 0 Å². The molecule has 0 spiro atoms. The molecule has 0 saturated carbocycles. The Hall–Kier alpha value is -2.14. The topological polar surface area (TPSA) is 63.6 Å². The molecule has 128 valence electrons. The van der Waals surface area contributed by atoms with Crippen molar-refractivity contribution in [3.8, 4) is 5.75 Å². The highest BCUT2D eigenvalue weighted by Crippen LogP contribution is 2.12. The molecule has 0 aromatic heterocycles. The van der Waals surface area contributed by atoms with Crippen LogP contribution in [-0.2, 0) is 16.6 Å². The van der Waals surface area contributed by atoms with E-state index in [2.05, 4.69) is 0 Å². The zero-order valence-electron chi connectivity index (χ0n) is 13.7. The minimum atomic E-state index is -0.992. The number of aromatic carboxylic acids is 1. The monoisotopic (exact) mass is 346 g/mol. The first-order valence-electron chi connectivity index (χ1n) is 7.91. The molecule has 1 unspecified atom stereocenters. The summed E-state index contributed by atoms with van der Waals surface area (Å²) in [4.78, 5) is 10.9. The van der Waals surface area contributed by atoms with Crippen LogP contribution in [0.2, 0.25) is 0 Å². The van der Waals surface area contributed by atoms with Crippen LogP contribution in [0, 0.1) is 6.92 Å². The smallest absolute Gasteiger partial charge is 0.335 e. The molecule has 0 heterocycles. The van der Waals surface area contributed by atoms with Crippen LogP contribution in [-0.4, -0.2) is 27.6 Å². The van der Waals surface area contributed by atoms with Crippen LogP contribution in [0.15, 0.2) is 48.5 Å². The molecule has 0 fully saturated rings. The third kappa shape index (κ3) is 6.16. The second-order valence-corrected chi connectivity index (χ2v) is 7.24. The van der Waals surface area contributed by atoms with Crippen molar-refractivity contribution in [2.75, 3.05) is 12.4 Å². The molecule has 0 radical (unpaired) electrons. The van der Waals surface area contributed by atoms with Crippen molar-refractivity contribution < 1.29 is 18.8 Å². The molecular formula is C19H22O4S. The molecule has 1 atom stereocenters. The quantitative estimate of drug-likeness (QED) is 0.702. The number of aryl methyl sites for hydroxylation is 1. The highest BCUT2D eigenvalue weighted by Gasteiger charge is 2.06. The summed E-state index contributed by atoms with van der Waals surface area (Å²) in [6, 6.07) is 14.5. The fourth-order valence-corrected chi connectivity index (χ4v) is 3.46. The summed E-state index contributed by atoms with van der Waals surface area (Å²) in [6.07, 6.45) is 1.66. The number of ether oxygens (including phenoxy) is 1. The van der Waals surface area contributed by atoms with Crippen molar-refractivity contribution in [1.29, 1.82) is 0 Å². The zero-order valence-corrected chi connectivity index (χ0v) is 14.6. The molecule has 0 amide bonds. The van der Waals surface area contributed by atoms with Gasteiger partial charge in [0.05, 0.1) is 12.2 Å². The van der Waals surface area contributed by atoms with Gasteiger partial charge in [-0.15, -0.1) is 0 Å². The minimum Gasteiger partial charge on any atom is -0.494 e. The number of rotatable bonds is 9. The van der Waals surface area contributed by atoms with E-state index in [9.17, 15) is 9.00 Å². The number of carbonyl (C=O) groups is 1. The predicted octanol–water partition coefficient (Wildman–Crippen LogP) is 3.80. The van der Waals surface area contributed by atoms with Gasteiger partial charge in [-0.2, -0.15) is 0 Å². The normalized spacial score (nSPS) is 11.9. The number of hydrogen-bond acceptors (Lipinski definition) is 3. The summed E-state index contributed by atoms with van der Waals surface area (Å²) >= 11 is 0. The Morgan fingerprint density at radius 2 is 1.88 bits per heavy atom. The summed E-state index contributed by atoms with van der Waals surface area (Å²) < 4.78 is 17.7.